The first-order valence-corrected chi connectivity index (χ1v) is 6.03. The number of aromatic nitrogens is 1. The summed E-state index contributed by atoms with van der Waals surface area (Å²) >= 11 is 0. The van der Waals surface area contributed by atoms with E-state index in [0.717, 1.165) is 27.9 Å². The van der Waals surface area contributed by atoms with Crippen molar-refractivity contribution in [3.63, 3.8) is 0 Å². The lowest BCUT2D eigenvalue weighted by Gasteiger charge is -2.09. The molecule has 1 aromatic heterocycles. The van der Waals surface area contributed by atoms with Crippen molar-refractivity contribution in [2.45, 2.75) is 19.9 Å². The minimum Gasteiger partial charge on any atom is -0.494 e. The van der Waals surface area contributed by atoms with Gasteiger partial charge in [0, 0.05) is 28.2 Å². The van der Waals surface area contributed by atoms with Gasteiger partial charge in [0.2, 0.25) is 12.7 Å². The zero-order valence-electron chi connectivity index (χ0n) is 10.8. The topological polar surface area (TPSA) is 71.2 Å². The summed E-state index contributed by atoms with van der Waals surface area (Å²) in [5, 5.41) is 3.33. The van der Waals surface area contributed by atoms with Gasteiger partial charge >= 0.3 is 0 Å². The molecule has 19 heavy (non-hydrogen) atoms. The normalized spacial score (nSPS) is 12.1. The first-order valence-electron chi connectivity index (χ1n) is 6.03. The van der Waals surface area contributed by atoms with Gasteiger partial charge in [-0.15, -0.1) is 0 Å². The van der Waals surface area contributed by atoms with Gasteiger partial charge in [0.25, 0.3) is 0 Å². The summed E-state index contributed by atoms with van der Waals surface area (Å²) in [6.07, 6.45) is 2.34. The Kier molecular flexibility index (Phi) is 3.85. The second-order valence-electron chi connectivity index (χ2n) is 4.14. The van der Waals surface area contributed by atoms with Gasteiger partial charge in [-0.25, -0.2) is 0 Å². The molecule has 99 valence electrons. The van der Waals surface area contributed by atoms with Crippen LogP contribution in [-0.2, 0) is 9.59 Å². The number of benzene rings is 1. The summed E-state index contributed by atoms with van der Waals surface area (Å²) in [6.45, 7) is 4.36. The Morgan fingerprint density at radius 2 is 2.32 bits per heavy atom. The monoisotopic (exact) mass is 259 g/mol. The fraction of sp³-hybridized carbons (Fsp3) is 0.286. The zero-order valence-corrected chi connectivity index (χ0v) is 10.8. The van der Waals surface area contributed by atoms with E-state index in [2.05, 4.69) is 10.3 Å². The highest BCUT2D eigenvalue weighted by molar-refractivity contribution is 5.89. The van der Waals surface area contributed by atoms with E-state index in [1.54, 1.807) is 0 Å². The van der Waals surface area contributed by atoms with Crippen molar-refractivity contribution < 1.29 is 14.3 Å². The van der Waals surface area contributed by atoms with Gasteiger partial charge in [0.05, 0.1) is 6.61 Å². The number of hydrogen-bond acceptors (Lipinski definition) is 3. The largest absolute Gasteiger partial charge is 0.494 e. The van der Waals surface area contributed by atoms with Crippen LogP contribution in [0.1, 0.15) is 24.2 Å². The minimum absolute atomic E-state index is 0.502. The lowest BCUT2D eigenvalue weighted by Crippen LogP contribution is -2.21. The summed E-state index contributed by atoms with van der Waals surface area (Å²) in [5.41, 5.74) is 2.43. The third kappa shape index (κ3) is 2.45. The molecule has 2 aromatic rings. The average Bonchev–Trinajstić information content (AvgIpc) is 2.72. The summed E-state index contributed by atoms with van der Waals surface area (Å²) < 4.78 is 5.43. The molecule has 0 spiro atoms. The van der Waals surface area contributed by atoms with E-state index in [-0.39, 0.29) is 0 Å². The number of carbonyl (C=O) groups excluding carboxylic acids is 2. The van der Waals surface area contributed by atoms with Crippen molar-refractivity contribution in [3.05, 3.63) is 29.5 Å². The zero-order chi connectivity index (χ0) is 13.8. The minimum atomic E-state index is -0.760. The van der Waals surface area contributed by atoms with Gasteiger partial charge in [-0.05, 0) is 26.0 Å². The molecule has 0 aliphatic carbocycles. The average molecular weight is 259 g/mol. The van der Waals surface area contributed by atoms with Crippen LogP contribution in [0, 0.1) is 6.92 Å². The maximum Gasteiger partial charge on any atom is 0.227 e. The molecule has 0 aliphatic heterocycles. The molecule has 0 saturated heterocycles. The van der Waals surface area contributed by atoms with Gasteiger partial charge in [-0.2, -0.15) is 0 Å². The number of fused-ring (bicyclic) bond motifs is 1. The van der Waals surface area contributed by atoms with Crippen molar-refractivity contribution in [2.75, 3.05) is 6.61 Å². The highest BCUT2D eigenvalue weighted by Gasteiger charge is 2.18. The van der Waals surface area contributed by atoms with Crippen LogP contribution in [0.3, 0.4) is 0 Å². The third-order valence-electron chi connectivity index (χ3n) is 2.96. The number of carbonyl (C=O) groups is 1. The van der Waals surface area contributed by atoms with Crippen LogP contribution in [0.15, 0.2) is 18.2 Å². The molecule has 1 atom stereocenters. The van der Waals surface area contributed by atoms with Crippen LogP contribution in [0.25, 0.3) is 10.9 Å². The van der Waals surface area contributed by atoms with Gasteiger partial charge in [-0.3, -0.25) is 9.59 Å². The predicted molar refractivity (Wildman–Crippen MR) is 71.8 cm³/mol. The highest BCUT2D eigenvalue weighted by atomic mass is 16.5. The molecule has 1 radical (unpaired) electrons. The van der Waals surface area contributed by atoms with Gasteiger partial charge in [0.1, 0.15) is 11.8 Å². The van der Waals surface area contributed by atoms with Gasteiger partial charge in [-0.1, -0.05) is 0 Å². The number of ether oxygens (including phenoxy) is 1. The molecule has 0 aliphatic rings. The number of rotatable bonds is 6. The lowest BCUT2D eigenvalue weighted by molar-refractivity contribution is -0.109. The van der Waals surface area contributed by atoms with Gasteiger partial charge in [0.15, 0.2) is 0 Å². The maximum atomic E-state index is 11.0. The first kappa shape index (κ1) is 13.1. The molecule has 1 unspecified atom stereocenters. The Labute approximate surface area is 110 Å². The SMILES string of the molecule is CCOc1ccc2c(C([C]=O)NC=O)c(C)[nH]c2c1. The van der Waals surface area contributed by atoms with Crippen LogP contribution in [0.5, 0.6) is 5.75 Å². The Morgan fingerprint density at radius 3 is 2.95 bits per heavy atom. The van der Waals surface area contributed by atoms with Crippen molar-refractivity contribution in [1.29, 1.82) is 0 Å². The summed E-state index contributed by atoms with van der Waals surface area (Å²) in [6, 6.07) is 4.82. The number of amides is 1. The Bertz CT molecular complexity index is 604. The van der Waals surface area contributed by atoms with E-state index >= 15 is 0 Å². The quantitative estimate of drug-likeness (QED) is 0.777. The molecule has 2 rings (SSSR count). The molecule has 0 bridgehead atoms. The van der Waals surface area contributed by atoms with Gasteiger partial charge < -0.3 is 15.0 Å². The Balaban J connectivity index is 2.52. The van der Waals surface area contributed by atoms with E-state index in [0.29, 0.717) is 13.0 Å². The summed E-state index contributed by atoms with van der Waals surface area (Å²) in [5.74, 6) is 0.762. The predicted octanol–water partition coefficient (Wildman–Crippen LogP) is 1.77. The third-order valence-corrected chi connectivity index (χ3v) is 2.96. The molecule has 5 nitrogen and oxygen atoms in total. The van der Waals surface area contributed by atoms with Crippen LogP contribution >= 0.6 is 0 Å². The van der Waals surface area contributed by atoms with Crippen molar-refractivity contribution in [1.82, 2.24) is 10.3 Å². The molecule has 1 heterocycles. The van der Waals surface area contributed by atoms with E-state index in [4.69, 9.17) is 4.74 Å². The van der Waals surface area contributed by atoms with E-state index in [9.17, 15) is 9.59 Å². The molecular formula is C14H15N2O3. The second-order valence-corrected chi connectivity index (χ2v) is 4.14. The van der Waals surface area contributed by atoms with Crippen molar-refractivity contribution >= 4 is 23.6 Å². The Morgan fingerprint density at radius 1 is 1.53 bits per heavy atom. The standard InChI is InChI=1S/C14H15N2O3/c1-3-19-10-4-5-11-12(6-10)16-9(2)14(11)13(7-17)15-8-18/h4-6,8,13,16H,3H2,1-2H3,(H,15,18). The molecule has 0 fully saturated rings. The smallest absolute Gasteiger partial charge is 0.227 e. The second kappa shape index (κ2) is 5.56. The first-order chi connectivity index (χ1) is 9.21. The fourth-order valence-electron chi connectivity index (χ4n) is 2.21. The van der Waals surface area contributed by atoms with Crippen molar-refractivity contribution in [2.24, 2.45) is 0 Å². The highest BCUT2D eigenvalue weighted by Crippen LogP contribution is 2.29. The van der Waals surface area contributed by atoms with E-state index in [1.165, 1.54) is 0 Å². The Hall–Kier alpha value is -2.30. The van der Waals surface area contributed by atoms with Crippen LogP contribution in [-0.4, -0.2) is 24.3 Å². The molecule has 2 N–H and O–H groups in total. The number of nitrogens with one attached hydrogen (secondary N) is 2. The fourth-order valence-corrected chi connectivity index (χ4v) is 2.21. The molecule has 0 saturated carbocycles. The molecule has 5 heteroatoms. The van der Waals surface area contributed by atoms with E-state index < -0.39 is 6.04 Å². The van der Waals surface area contributed by atoms with Crippen LogP contribution in [0.2, 0.25) is 0 Å². The summed E-state index contributed by atoms with van der Waals surface area (Å²) in [7, 11) is 0. The molecule has 1 amide bonds. The maximum absolute atomic E-state index is 11.0. The van der Waals surface area contributed by atoms with Crippen molar-refractivity contribution in [3.8, 4) is 5.75 Å². The number of hydrogen-bond donors (Lipinski definition) is 2. The number of aryl methyl sites for hydroxylation is 1. The molecule has 1 aromatic carbocycles. The summed E-state index contributed by atoms with van der Waals surface area (Å²) in [4.78, 5) is 24.7. The van der Waals surface area contributed by atoms with Crippen LogP contribution in [0.4, 0.5) is 0 Å². The van der Waals surface area contributed by atoms with E-state index in [1.807, 2.05) is 38.3 Å². The lowest BCUT2D eigenvalue weighted by atomic mass is 10.0. The molecular weight excluding hydrogens is 244 g/mol. The number of aromatic amines is 1. The van der Waals surface area contributed by atoms with Crippen LogP contribution < -0.4 is 10.1 Å². The number of H-pyrrole nitrogens is 1.